The second kappa shape index (κ2) is 5.43. The van der Waals surface area contributed by atoms with Crippen LogP contribution in [0.3, 0.4) is 0 Å². The first kappa shape index (κ1) is 11.6. The van der Waals surface area contributed by atoms with Crippen LogP contribution in [0.25, 0.3) is 0 Å². The third kappa shape index (κ3) is 3.55. The number of aliphatic hydroxyl groups excluding tert-OH is 1. The van der Waals surface area contributed by atoms with Crippen molar-refractivity contribution in [1.82, 2.24) is 4.90 Å². The lowest BCUT2D eigenvalue weighted by atomic mass is 10.2. The summed E-state index contributed by atoms with van der Waals surface area (Å²) in [7, 11) is 0. The Morgan fingerprint density at radius 2 is 2.27 bits per heavy atom. The average molecular weight is 290 g/mol. The molecular formula is C11H16BrNOS. The fraction of sp³-hybridized carbons (Fsp3) is 0.636. The highest BCUT2D eigenvalue weighted by molar-refractivity contribution is 9.11. The van der Waals surface area contributed by atoms with Crippen LogP contribution in [0.2, 0.25) is 0 Å². The van der Waals surface area contributed by atoms with E-state index in [2.05, 4.69) is 33.0 Å². The molecule has 1 saturated heterocycles. The molecule has 0 amide bonds. The van der Waals surface area contributed by atoms with E-state index in [1.807, 2.05) is 0 Å². The number of hydrogen-bond acceptors (Lipinski definition) is 3. The number of halogens is 1. The predicted molar refractivity (Wildman–Crippen MR) is 67.2 cm³/mol. The summed E-state index contributed by atoms with van der Waals surface area (Å²) in [5, 5.41) is 9.55. The van der Waals surface area contributed by atoms with Crippen LogP contribution in [0.15, 0.2) is 15.9 Å². The highest BCUT2D eigenvalue weighted by Gasteiger charge is 2.15. The van der Waals surface area contributed by atoms with E-state index in [1.54, 1.807) is 11.3 Å². The van der Waals surface area contributed by atoms with Crippen LogP contribution >= 0.6 is 27.3 Å². The lowest BCUT2D eigenvalue weighted by Gasteiger charge is -2.18. The van der Waals surface area contributed by atoms with Crippen molar-refractivity contribution >= 4 is 27.3 Å². The van der Waals surface area contributed by atoms with Gasteiger partial charge in [-0.2, -0.15) is 0 Å². The van der Waals surface area contributed by atoms with E-state index in [1.165, 1.54) is 8.66 Å². The van der Waals surface area contributed by atoms with Crippen molar-refractivity contribution in [2.75, 3.05) is 13.1 Å². The summed E-state index contributed by atoms with van der Waals surface area (Å²) in [5.41, 5.74) is 0. The summed E-state index contributed by atoms with van der Waals surface area (Å²) >= 11 is 5.28. The van der Waals surface area contributed by atoms with Gasteiger partial charge >= 0.3 is 0 Å². The Labute approximate surface area is 103 Å². The van der Waals surface area contributed by atoms with Gasteiger partial charge in [0.15, 0.2) is 0 Å². The molecule has 1 aliphatic rings. The molecule has 0 saturated carbocycles. The zero-order valence-electron chi connectivity index (χ0n) is 8.66. The van der Waals surface area contributed by atoms with Crippen molar-refractivity contribution in [3.8, 4) is 0 Å². The molecular weight excluding hydrogens is 274 g/mol. The van der Waals surface area contributed by atoms with E-state index >= 15 is 0 Å². The molecule has 0 aromatic carbocycles. The van der Waals surface area contributed by atoms with E-state index < -0.39 is 0 Å². The van der Waals surface area contributed by atoms with E-state index in [-0.39, 0.29) is 6.10 Å². The molecule has 1 unspecified atom stereocenters. The maximum absolute atomic E-state index is 9.55. The van der Waals surface area contributed by atoms with E-state index in [0.717, 1.165) is 38.9 Å². The van der Waals surface area contributed by atoms with E-state index in [4.69, 9.17) is 0 Å². The minimum absolute atomic E-state index is 0.0786. The Kier molecular flexibility index (Phi) is 4.20. The maximum atomic E-state index is 9.55. The van der Waals surface area contributed by atoms with Gasteiger partial charge in [-0.25, -0.2) is 0 Å². The Morgan fingerprint density at radius 3 is 3.00 bits per heavy atom. The van der Waals surface area contributed by atoms with Crippen molar-refractivity contribution in [3.05, 3.63) is 20.8 Å². The van der Waals surface area contributed by atoms with Gasteiger partial charge in [0.2, 0.25) is 0 Å². The third-order valence-electron chi connectivity index (χ3n) is 2.80. The van der Waals surface area contributed by atoms with Crippen molar-refractivity contribution < 1.29 is 5.11 Å². The minimum atomic E-state index is -0.0786. The fourth-order valence-corrected chi connectivity index (χ4v) is 3.48. The number of hydrogen-bond donors (Lipinski definition) is 1. The summed E-state index contributed by atoms with van der Waals surface area (Å²) in [6.07, 6.45) is 2.93. The number of likely N-dealkylation sites (tertiary alicyclic amines) is 1. The number of nitrogens with zero attached hydrogens (tertiary/aromatic N) is 1. The predicted octanol–water partition coefficient (Wildman–Crippen LogP) is 2.86. The summed E-state index contributed by atoms with van der Waals surface area (Å²) in [5.74, 6) is 0. The van der Waals surface area contributed by atoms with Gasteiger partial charge in [0.05, 0.1) is 9.89 Å². The van der Waals surface area contributed by atoms with E-state index in [0.29, 0.717) is 0 Å². The van der Waals surface area contributed by atoms with Gasteiger partial charge < -0.3 is 5.11 Å². The minimum Gasteiger partial charge on any atom is -0.393 e. The average Bonchev–Trinajstić information content (AvgIpc) is 2.48. The van der Waals surface area contributed by atoms with Crippen molar-refractivity contribution in [1.29, 1.82) is 0 Å². The molecule has 84 valence electrons. The van der Waals surface area contributed by atoms with Crippen LogP contribution < -0.4 is 0 Å². The van der Waals surface area contributed by atoms with E-state index in [9.17, 15) is 5.11 Å². The standard InChI is InChI=1S/C11H16BrNOS/c12-11-4-3-10(15-11)8-13-6-1-2-9(14)5-7-13/h3-4,9,14H,1-2,5-8H2. The highest BCUT2D eigenvalue weighted by Crippen LogP contribution is 2.24. The molecule has 2 nitrogen and oxygen atoms in total. The van der Waals surface area contributed by atoms with Gasteiger partial charge in [-0.15, -0.1) is 11.3 Å². The van der Waals surface area contributed by atoms with Crippen LogP contribution in [-0.2, 0) is 6.54 Å². The molecule has 4 heteroatoms. The first-order valence-electron chi connectivity index (χ1n) is 5.38. The zero-order chi connectivity index (χ0) is 10.7. The van der Waals surface area contributed by atoms with Gasteiger partial charge in [-0.3, -0.25) is 4.90 Å². The van der Waals surface area contributed by atoms with Crippen LogP contribution in [0.5, 0.6) is 0 Å². The molecule has 2 heterocycles. The lowest BCUT2D eigenvalue weighted by Crippen LogP contribution is -2.24. The normalized spacial score (nSPS) is 24.0. The molecule has 0 aliphatic carbocycles. The molecule has 15 heavy (non-hydrogen) atoms. The Morgan fingerprint density at radius 1 is 1.40 bits per heavy atom. The first-order chi connectivity index (χ1) is 7.24. The molecule has 0 spiro atoms. The largest absolute Gasteiger partial charge is 0.393 e. The molecule has 1 atom stereocenters. The monoisotopic (exact) mass is 289 g/mol. The van der Waals surface area contributed by atoms with Gasteiger partial charge in [0.1, 0.15) is 0 Å². The summed E-state index contributed by atoms with van der Waals surface area (Å²) in [6.45, 7) is 3.17. The maximum Gasteiger partial charge on any atom is 0.0701 e. The SMILES string of the molecule is OC1CCCN(Cc2ccc(Br)s2)CC1. The van der Waals surface area contributed by atoms with Crippen LogP contribution in [0.1, 0.15) is 24.1 Å². The smallest absolute Gasteiger partial charge is 0.0701 e. The lowest BCUT2D eigenvalue weighted by molar-refractivity contribution is 0.155. The fourth-order valence-electron chi connectivity index (χ4n) is 1.95. The molecule has 1 aromatic heterocycles. The highest BCUT2D eigenvalue weighted by atomic mass is 79.9. The number of rotatable bonds is 2. The van der Waals surface area contributed by atoms with Crippen molar-refractivity contribution in [3.63, 3.8) is 0 Å². The number of aliphatic hydroxyl groups is 1. The van der Waals surface area contributed by atoms with Crippen LogP contribution in [0, 0.1) is 0 Å². The van der Waals surface area contributed by atoms with Crippen LogP contribution in [-0.4, -0.2) is 29.2 Å². The molecule has 1 aliphatic heterocycles. The first-order valence-corrected chi connectivity index (χ1v) is 6.99. The van der Waals surface area contributed by atoms with Gasteiger partial charge in [0, 0.05) is 18.0 Å². The second-order valence-electron chi connectivity index (χ2n) is 4.07. The number of thiophene rings is 1. The second-order valence-corrected chi connectivity index (χ2v) is 6.61. The molecule has 2 rings (SSSR count). The summed E-state index contributed by atoms with van der Waals surface area (Å²) in [4.78, 5) is 3.84. The third-order valence-corrected chi connectivity index (χ3v) is 4.41. The van der Waals surface area contributed by atoms with Gasteiger partial charge in [-0.1, -0.05) is 0 Å². The van der Waals surface area contributed by atoms with Crippen molar-refractivity contribution in [2.24, 2.45) is 0 Å². The van der Waals surface area contributed by atoms with Crippen molar-refractivity contribution in [2.45, 2.75) is 31.9 Å². The Hall–Kier alpha value is 0.1000. The van der Waals surface area contributed by atoms with Crippen LogP contribution in [0.4, 0.5) is 0 Å². The Bertz CT molecular complexity index is 315. The molecule has 1 aromatic rings. The topological polar surface area (TPSA) is 23.5 Å². The molecule has 1 N–H and O–H groups in total. The van der Waals surface area contributed by atoms with Gasteiger partial charge in [-0.05, 0) is 53.9 Å². The summed E-state index contributed by atoms with van der Waals surface area (Å²) in [6, 6.07) is 4.28. The quantitative estimate of drug-likeness (QED) is 0.905. The zero-order valence-corrected chi connectivity index (χ0v) is 11.1. The molecule has 1 fully saturated rings. The summed E-state index contributed by atoms with van der Waals surface area (Å²) < 4.78 is 1.20. The van der Waals surface area contributed by atoms with Gasteiger partial charge in [0.25, 0.3) is 0 Å². The molecule has 0 radical (unpaired) electrons. The molecule has 0 bridgehead atoms. The Balaban J connectivity index is 1.88.